The second kappa shape index (κ2) is 5.01. The van der Waals surface area contributed by atoms with Crippen LogP contribution in [0.4, 0.5) is 0 Å². The molecule has 6 heteroatoms. The van der Waals surface area contributed by atoms with Gasteiger partial charge in [0.1, 0.15) is 5.75 Å². The van der Waals surface area contributed by atoms with Gasteiger partial charge in [0.05, 0.1) is 12.7 Å². The van der Waals surface area contributed by atoms with Crippen LogP contribution in [0.2, 0.25) is 0 Å². The lowest BCUT2D eigenvalue weighted by Gasteiger charge is -2.08. The summed E-state index contributed by atoms with van der Waals surface area (Å²) < 4.78 is 5.05. The molecule has 0 saturated heterocycles. The molecule has 0 aliphatic rings. The quantitative estimate of drug-likeness (QED) is 0.294. The number of carbonyl (C=O) groups is 1. The van der Waals surface area contributed by atoms with Crippen molar-refractivity contribution >= 4 is 11.7 Å². The number of oxime groups is 1. The molecule has 0 aromatic heterocycles. The zero-order valence-electron chi connectivity index (χ0n) is 9.02. The van der Waals surface area contributed by atoms with E-state index in [0.717, 1.165) is 0 Å². The minimum Gasteiger partial charge on any atom is -0.496 e. The second-order valence-electron chi connectivity index (χ2n) is 2.98. The summed E-state index contributed by atoms with van der Waals surface area (Å²) in [6.07, 6.45) is 0. The van der Waals surface area contributed by atoms with Crippen molar-refractivity contribution < 1.29 is 14.7 Å². The van der Waals surface area contributed by atoms with Gasteiger partial charge in [0.2, 0.25) is 0 Å². The predicted molar refractivity (Wildman–Crippen MR) is 58.9 cm³/mol. The van der Waals surface area contributed by atoms with Gasteiger partial charge in [0.25, 0.3) is 5.91 Å². The second-order valence-corrected chi connectivity index (χ2v) is 2.98. The first-order valence-electron chi connectivity index (χ1n) is 4.52. The molecule has 1 aromatic carbocycles. The molecule has 6 nitrogen and oxygen atoms in total. The third kappa shape index (κ3) is 2.22. The maximum Gasteiger partial charge on any atom is 0.254 e. The molecule has 1 amide bonds. The number of nitrogens with zero attached hydrogens (tertiary/aromatic N) is 1. The van der Waals surface area contributed by atoms with Crippen LogP contribution in [0.3, 0.4) is 0 Å². The monoisotopic (exact) mass is 223 g/mol. The SMILES string of the molecule is CNC(=O)c1ccc(/C(N)=N/O)cc1OC. The topological polar surface area (TPSA) is 96.9 Å². The average Bonchev–Trinajstić information content (AvgIpc) is 2.35. The Morgan fingerprint density at radius 1 is 1.56 bits per heavy atom. The van der Waals surface area contributed by atoms with E-state index in [1.165, 1.54) is 20.2 Å². The number of ether oxygens (including phenoxy) is 1. The summed E-state index contributed by atoms with van der Waals surface area (Å²) in [5, 5.41) is 13.9. The maximum absolute atomic E-state index is 11.4. The van der Waals surface area contributed by atoms with E-state index in [1.807, 2.05) is 0 Å². The van der Waals surface area contributed by atoms with Gasteiger partial charge in [0.15, 0.2) is 5.84 Å². The fourth-order valence-corrected chi connectivity index (χ4v) is 1.23. The van der Waals surface area contributed by atoms with Crippen LogP contribution in [0, 0.1) is 0 Å². The smallest absolute Gasteiger partial charge is 0.254 e. The number of amidine groups is 1. The zero-order chi connectivity index (χ0) is 12.1. The van der Waals surface area contributed by atoms with E-state index < -0.39 is 0 Å². The Labute approximate surface area is 92.7 Å². The highest BCUT2D eigenvalue weighted by atomic mass is 16.5. The molecule has 0 radical (unpaired) electrons. The van der Waals surface area contributed by atoms with E-state index in [1.54, 1.807) is 12.1 Å². The molecule has 0 fully saturated rings. The van der Waals surface area contributed by atoms with E-state index in [0.29, 0.717) is 16.9 Å². The number of benzene rings is 1. The van der Waals surface area contributed by atoms with Crippen LogP contribution in [0.15, 0.2) is 23.4 Å². The molecule has 86 valence electrons. The summed E-state index contributed by atoms with van der Waals surface area (Å²) in [5.74, 6) is 0.0631. The normalized spacial score (nSPS) is 11.0. The van der Waals surface area contributed by atoms with Crippen LogP contribution in [0.25, 0.3) is 0 Å². The van der Waals surface area contributed by atoms with Crippen LogP contribution in [0.1, 0.15) is 15.9 Å². The van der Waals surface area contributed by atoms with Crippen molar-refractivity contribution in [3.8, 4) is 5.75 Å². The van der Waals surface area contributed by atoms with Gasteiger partial charge >= 0.3 is 0 Å². The minimum atomic E-state index is -0.261. The number of nitrogens with one attached hydrogen (secondary N) is 1. The van der Waals surface area contributed by atoms with Crippen LogP contribution in [-0.4, -0.2) is 31.1 Å². The number of amides is 1. The Hall–Kier alpha value is -2.24. The molecular formula is C10H13N3O3. The van der Waals surface area contributed by atoms with Gasteiger partial charge in [-0.3, -0.25) is 4.79 Å². The Morgan fingerprint density at radius 3 is 2.75 bits per heavy atom. The van der Waals surface area contributed by atoms with Gasteiger partial charge < -0.3 is 21.0 Å². The summed E-state index contributed by atoms with van der Waals surface area (Å²) in [5.41, 5.74) is 6.29. The summed E-state index contributed by atoms with van der Waals surface area (Å²) >= 11 is 0. The van der Waals surface area contributed by atoms with Gasteiger partial charge in [-0.2, -0.15) is 0 Å². The lowest BCUT2D eigenvalue weighted by Crippen LogP contribution is -2.19. The van der Waals surface area contributed by atoms with E-state index in [4.69, 9.17) is 15.7 Å². The number of hydrogen-bond donors (Lipinski definition) is 3. The molecule has 1 aromatic rings. The Morgan fingerprint density at radius 2 is 2.25 bits per heavy atom. The molecule has 0 atom stereocenters. The van der Waals surface area contributed by atoms with Gasteiger partial charge in [-0.15, -0.1) is 0 Å². The molecule has 0 saturated carbocycles. The van der Waals surface area contributed by atoms with Crippen LogP contribution in [0.5, 0.6) is 5.75 Å². The number of rotatable bonds is 3. The summed E-state index contributed by atoms with van der Waals surface area (Å²) in [6, 6.07) is 4.65. The Balaban J connectivity index is 3.22. The molecular weight excluding hydrogens is 210 g/mol. The molecule has 0 heterocycles. The zero-order valence-corrected chi connectivity index (χ0v) is 9.02. The van der Waals surface area contributed by atoms with E-state index in [2.05, 4.69) is 10.5 Å². The van der Waals surface area contributed by atoms with Crippen molar-refractivity contribution in [2.24, 2.45) is 10.9 Å². The highest BCUT2D eigenvalue weighted by molar-refractivity contribution is 6.01. The molecule has 0 aliphatic heterocycles. The third-order valence-electron chi connectivity index (χ3n) is 2.08. The van der Waals surface area contributed by atoms with E-state index in [9.17, 15) is 4.79 Å². The number of carbonyl (C=O) groups excluding carboxylic acids is 1. The Bertz CT molecular complexity index is 429. The van der Waals surface area contributed by atoms with Gasteiger partial charge in [0, 0.05) is 12.6 Å². The highest BCUT2D eigenvalue weighted by Crippen LogP contribution is 2.19. The molecule has 16 heavy (non-hydrogen) atoms. The van der Waals surface area contributed by atoms with Crippen molar-refractivity contribution in [1.29, 1.82) is 0 Å². The number of methoxy groups -OCH3 is 1. The van der Waals surface area contributed by atoms with Crippen LogP contribution < -0.4 is 15.8 Å². The summed E-state index contributed by atoms with van der Waals surface area (Å²) in [7, 11) is 2.97. The van der Waals surface area contributed by atoms with Crippen LogP contribution >= 0.6 is 0 Å². The first-order valence-corrected chi connectivity index (χ1v) is 4.52. The summed E-state index contributed by atoms with van der Waals surface area (Å²) in [6.45, 7) is 0. The number of nitrogens with two attached hydrogens (primary N) is 1. The van der Waals surface area contributed by atoms with Gasteiger partial charge in [-0.05, 0) is 12.1 Å². The molecule has 0 spiro atoms. The third-order valence-corrected chi connectivity index (χ3v) is 2.08. The van der Waals surface area contributed by atoms with Crippen LogP contribution in [-0.2, 0) is 0 Å². The summed E-state index contributed by atoms with van der Waals surface area (Å²) in [4.78, 5) is 11.4. The fourth-order valence-electron chi connectivity index (χ4n) is 1.23. The van der Waals surface area contributed by atoms with Crippen molar-refractivity contribution in [2.75, 3.05) is 14.2 Å². The molecule has 0 bridgehead atoms. The average molecular weight is 223 g/mol. The molecule has 4 N–H and O–H groups in total. The largest absolute Gasteiger partial charge is 0.496 e. The first-order chi connectivity index (χ1) is 7.63. The van der Waals surface area contributed by atoms with Gasteiger partial charge in [-0.1, -0.05) is 11.2 Å². The fraction of sp³-hybridized carbons (Fsp3) is 0.200. The lowest BCUT2D eigenvalue weighted by molar-refractivity contribution is 0.0960. The van der Waals surface area contributed by atoms with Crippen molar-refractivity contribution in [1.82, 2.24) is 5.32 Å². The van der Waals surface area contributed by atoms with Crippen molar-refractivity contribution in [2.45, 2.75) is 0 Å². The van der Waals surface area contributed by atoms with Gasteiger partial charge in [-0.25, -0.2) is 0 Å². The lowest BCUT2D eigenvalue weighted by atomic mass is 10.1. The maximum atomic E-state index is 11.4. The standard InChI is InChI=1S/C10H13N3O3/c1-12-10(14)7-4-3-6(9(11)13-15)5-8(7)16-2/h3-5,15H,1-2H3,(H2,11,13)(H,12,14). The van der Waals surface area contributed by atoms with E-state index >= 15 is 0 Å². The minimum absolute atomic E-state index is 0.0400. The first kappa shape index (κ1) is 11.8. The number of hydrogen-bond acceptors (Lipinski definition) is 4. The molecule has 0 aliphatic carbocycles. The van der Waals surface area contributed by atoms with Crippen molar-refractivity contribution in [3.63, 3.8) is 0 Å². The van der Waals surface area contributed by atoms with Crippen molar-refractivity contribution in [3.05, 3.63) is 29.3 Å². The molecule has 1 rings (SSSR count). The predicted octanol–water partition coefficient (Wildman–Crippen LogP) is 0.149. The highest BCUT2D eigenvalue weighted by Gasteiger charge is 2.12. The van der Waals surface area contributed by atoms with E-state index in [-0.39, 0.29) is 11.7 Å². The Kier molecular flexibility index (Phi) is 3.71. The molecule has 0 unspecified atom stereocenters.